The summed E-state index contributed by atoms with van der Waals surface area (Å²) >= 11 is 0. The van der Waals surface area contributed by atoms with Gasteiger partial charge in [-0.15, -0.1) is 0 Å². The van der Waals surface area contributed by atoms with Gasteiger partial charge in [-0.2, -0.15) is 5.26 Å². The van der Waals surface area contributed by atoms with E-state index in [9.17, 15) is 5.26 Å². The van der Waals surface area contributed by atoms with Crippen molar-refractivity contribution in [2.75, 3.05) is 32.2 Å². The van der Waals surface area contributed by atoms with Crippen LogP contribution in [0, 0.1) is 25.2 Å². The lowest BCUT2D eigenvalue weighted by atomic mass is 10.1. The minimum absolute atomic E-state index is 0.502. The molecule has 0 radical (unpaired) electrons. The van der Waals surface area contributed by atoms with Crippen molar-refractivity contribution in [3.63, 3.8) is 0 Å². The van der Waals surface area contributed by atoms with E-state index in [2.05, 4.69) is 11.1 Å². The van der Waals surface area contributed by atoms with Crippen LogP contribution in [0.25, 0.3) is 0 Å². The predicted octanol–water partition coefficient (Wildman–Crippen LogP) is 3.09. The molecule has 0 saturated carbocycles. The van der Waals surface area contributed by atoms with E-state index in [0.717, 1.165) is 22.8 Å². The van der Waals surface area contributed by atoms with Gasteiger partial charge in [-0.25, -0.2) is 4.98 Å². The maximum absolute atomic E-state index is 9.33. The summed E-state index contributed by atoms with van der Waals surface area (Å²) in [4.78, 5) is 6.43. The Morgan fingerprint density at radius 1 is 1.17 bits per heavy atom. The van der Waals surface area contributed by atoms with Gasteiger partial charge in [0.25, 0.3) is 0 Å². The van der Waals surface area contributed by atoms with Gasteiger partial charge < -0.3 is 14.4 Å². The van der Waals surface area contributed by atoms with Crippen LogP contribution in [0.1, 0.15) is 16.8 Å². The molecule has 0 aliphatic heterocycles. The molecule has 5 heteroatoms. The van der Waals surface area contributed by atoms with Crippen LogP contribution < -0.4 is 14.4 Å². The Kier molecular flexibility index (Phi) is 5.42. The molecule has 0 spiro atoms. The fourth-order valence-corrected chi connectivity index (χ4v) is 2.31. The van der Waals surface area contributed by atoms with E-state index < -0.39 is 0 Å². The van der Waals surface area contributed by atoms with Gasteiger partial charge in [0.2, 0.25) is 0 Å². The highest BCUT2D eigenvalue weighted by atomic mass is 16.5. The molecule has 0 aliphatic carbocycles. The summed E-state index contributed by atoms with van der Waals surface area (Å²) in [6, 6.07) is 11.6. The molecule has 2 rings (SSSR count). The van der Waals surface area contributed by atoms with Crippen molar-refractivity contribution in [1.29, 1.82) is 5.26 Å². The Balaban J connectivity index is 1.99. The third-order valence-corrected chi connectivity index (χ3v) is 3.55. The zero-order chi connectivity index (χ0) is 16.8. The van der Waals surface area contributed by atoms with Crippen molar-refractivity contribution < 1.29 is 9.47 Å². The standard InChI is InChI=1S/C18H21N3O2/c1-13-11-14(2)20-18(17(13)12-19)21(3)9-10-23-16-7-5-15(22-4)6-8-16/h5-8,11H,9-10H2,1-4H3. The predicted molar refractivity (Wildman–Crippen MR) is 90.2 cm³/mol. The Labute approximate surface area is 137 Å². The third-order valence-electron chi connectivity index (χ3n) is 3.55. The molecule has 1 aromatic carbocycles. The molecule has 0 N–H and O–H groups in total. The largest absolute Gasteiger partial charge is 0.497 e. The average molecular weight is 311 g/mol. The smallest absolute Gasteiger partial charge is 0.146 e. The maximum Gasteiger partial charge on any atom is 0.146 e. The number of aromatic nitrogens is 1. The van der Waals surface area contributed by atoms with Gasteiger partial charge in [-0.05, 0) is 49.7 Å². The molecular formula is C18H21N3O2. The van der Waals surface area contributed by atoms with Gasteiger partial charge in [-0.3, -0.25) is 0 Å². The molecule has 1 heterocycles. The lowest BCUT2D eigenvalue weighted by molar-refractivity contribution is 0.324. The highest BCUT2D eigenvalue weighted by Crippen LogP contribution is 2.21. The quantitative estimate of drug-likeness (QED) is 0.820. The number of rotatable bonds is 6. The van der Waals surface area contributed by atoms with Crippen LogP contribution in [0.4, 0.5) is 5.82 Å². The summed E-state index contributed by atoms with van der Waals surface area (Å²) in [5.41, 5.74) is 2.46. The highest BCUT2D eigenvalue weighted by molar-refractivity contribution is 5.57. The number of pyridine rings is 1. The van der Waals surface area contributed by atoms with E-state index >= 15 is 0 Å². The molecule has 0 atom stereocenters. The van der Waals surface area contributed by atoms with Crippen molar-refractivity contribution in [2.24, 2.45) is 0 Å². The van der Waals surface area contributed by atoms with Crippen molar-refractivity contribution in [2.45, 2.75) is 13.8 Å². The highest BCUT2D eigenvalue weighted by Gasteiger charge is 2.12. The first kappa shape index (κ1) is 16.6. The first-order valence-corrected chi connectivity index (χ1v) is 7.41. The number of benzene rings is 1. The van der Waals surface area contributed by atoms with Crippen LogP contribution in [-0.2, 0) is 0 Å². The van der Waals surface area contributed by atoms with Gasteiger partial charge in [-0.1, -0.05) is 0 Å². The van der Waals surface area contributed by atoms with Crippen molar-refractivity contribution in [3.8, 4) is 17.6 Å². The second kappa shape index (κ2) is 7.50. The van der Waals surface area contributed by atoms with Crippen LogP contribution in [0.2, 0.25) is 0 Å². The van der Waals surface area contributed by atoms with Crippen LogP contribution in [-0.4, -0.2) is 32.3 Å². The van der Waals surface area contributed by atoms with Gasteiger partial charge in [0, 0.05) is 12.7 Å². The minimum Gasteiger partial charge on any atom is -0.497 e. The molecule has 5 nitrogen and oxygen atoms in total. The summed E-state index contributed by atoms with van der Waals surface area (Å²) in [5, 5.41) is 9.33. The Hall–Kier alpha value is -2.74. The molecule has 0 aliphatic rings. The van der Waals surface area contributed by atoms with Crippen molar-refractivity contribution in [3.05, 3.63) is 47.2 Å². The maximum atomic E-state index is 9.33. The van der Waals surface area contributed by atoms with Gasteiger partial charge in [0.15, 0.2) is 0 Å². The molecule has 0 saturated heterocycles. The Bertz CT molecular complexity index is 705. The summed E-state index contributed by atoms with van der Waals surface area (Å²) in [6.07, 6.45) is 0. The number of aryl methyl sites for hydroxylation is 2. The lowest BCUT2D eigenvalue weighted by Gasteiger charge is -2.21. The molecule has 120 valence electrons. The normalized spacial score (nSPS) is 10.0. The summed E-state index contributed by atoms with van der Waals surface area (Å²) in [6.45, 7) is 5.00. The summed E-state index contributed by atoms with van der Waals surface area (Å²) in [5.74, 6) is 2.28. The van der Waals surface area contributed by atoms with E-state index in [1.54, 1.807) is 7.11 Å². The number of nitriles is 1. The van der Waals surface area contributed by atoms with E-state index in [-0.39, 0.29) is 0 Å². The zero-order valence-electron chi connectivity index (χ0n) is 14.0. The van der Waals surface area contributed by atoms with Crippen LogP contribution in [0.15, 0.2) is 30.3 Å². The number of nitrogens with zero attached hydrogens (tertiary/aromatic N) is 3. The average Bonchev–Trinajstić information content (AvgIpc) is 2.54. The monoisotopic (exact) mass is 311 g/mol. The van der Waals surface area contributed by atoms with Crippen LogP contribution in [0.5, 0.6) is 11.5 Å². The molecule has 23 heavy (non-hydrogen) atoms. The molecular weight excluding hydrogens is 290 g/mol. The fraction of sp³-hybridized carbons (Fsp3) is 0.333. The topological polar surface area (TPSA) is 58.4 Å². The van der Waals surface area contributed by atoms with Crippen LogP contribution >= 0.6 is 0 Å². The number of anilines is 1. The Morgan fingerprint density at radius 3 is 2.43 bits per heavy atom. The first-order valence-electron chi connectivity index (χ1n) is 7.41. The molecule has 2 aromatic rings. The third kappa shape index (κ3) is 4.13. The molecule has 1 aromatic heterocycles. The van der Waals surface area contributed by atoms with E-state index in [4.69, 9.17) is 9.47 Å². The number of likely N-dealkylation sites (N-methyl/N-ethyl adjacent to an activating group) is 1. The molecule has 0 bridgehead atoms. The van der Waals surface area contributed by atoms with Gasteiger partial charge in [0.1, 0.15) is 30.0 Å². The SMILES string of the molecule is COc1ccc(OCCN(C)c2nc(C)cc(C)c2C#N)cc1. The number of methoxy groups -OCH3 is 1. The van der Waals surface area contributed by atoms with E-state index in [0.29, 0.717) is 24.5 Å². The lowest BCUT2D eigenvalue weighted by Crippen LogP contribution is -2.26. The second-order valence-electron chi connectivity index (χ2n) is 5.34. The van der Waals surface area contributed by atoms with Crippen molar-refractivity contribution in [1.82, 2.24) is 4.98 Å². The number of ether oxygens (including phenoxy) is 2. The minimum atomic E-state index is 0.502. The van der Waals surface area contributed by atoms with E-state index in [1.165, 1.54) is 0 Å². The van der Waals surface area contributed by atoms with Crippen LogP contribution in [0.3, 0.4) is 0 Å². The van der Waals surface area contributed by atoms with Gasteiger partial charge in [0.05, 0.1) is 19.2 Å². The van der Waals surface area contributed by atoms with E-state index in [1.807, 2.05) is 56.1 Å². The number of hydrogen-bond acceptors (Lipinski definition) is 5. The van der Waals surface area contributed by atoms with Crippen molar-refractivity contribution >= 4 is 5.82 Å². The zero-order valence-corrected chi connectivity index (χ0v) is 14.0. The molecule has 0 fully saturated rings. The first-order chi connectivity index (χ1) is 11.0. The Morgan fingerprint density at radius 2 is 1.83 bits per heavy atom. The summed E-state index contributed by atoms with van der Waals surface area (Å²) < 4.78 is 10.8. The summed E-state index contributed by atoms with van der Waals surface area (Å²) in [7, 11) is 3.55. The molecule has 0 unspecified atom stereocenters. The van der Waals surface area contributed by atoms with Gasteiger partial charge >= 0.3 is 0 Å². The number of hydrogen-bond donors (Lipinski definition) is 0. The molecule has 0 amide bonds. The fourth-order valence-electron chi connectivity index (χ4n) is 2.31. The second-order valence-corrected chi connectivity index (χ2v) is 5.34.